The van der Waals surface area contributed by atoms with Crippen molar-refractivity contribution in [3.63, 3.8) is 0 Å². The minimum absolute atomic E-state index is 0.00734. The lowest BCUT2D eigenvalue weighted by molar-refractivity contribution is 0.370. The van der Waals surface area contributed by atoms with Crippen LogP contribution in [0.25, 0.3) is 0 Å². The molecule has 0 saturated heterocycles. The van der Waals surface area contributed by atoms with Crippen LogP contribution < -0.4 is 4.74 Å². The number of halogens is 4. The molecule has 0 fully saturated rings. The molecule has 0 aromatic heterocycles. The summed E-state index contributed by atoms with van der Waals surface area (Å²) in [4.78, 5) is 3.77. The van der Waals surface area contributed by atoms with Gasteiger partial charge in [0.2, 0.25) is 0 Å². The molecule has 6 heteroatoms. The van der Waals surface area contributed by atoms with Crippen LogP contribution in [0.3, 0.4) is 0 Å². The van der Waals surface area contributed by atoms with E-state index in [9.17, 15) is 4.39 Å². The Hall–Kier alpha value is -0.950. The number of ether oxygens (including phenoxy) is 1. The van der Waals surface area contributed by atoms with Crippen LogP contribution in [0.5, 0.6) is 5.75 Å². The highest BCUT2D eigenvalue weighted by Gasteiger charge is 2.09. The highest BCUT2D eigenvalue weighted by molar-refractivity contribution is 6.69. The molecular formula is C11H7Cl3FNO. The summed E-state index contributed by atoms with van der Waals surface area (Å²) in [5.41, 5.74) is -0.00734. The van der Waals surface area contributed by atoms with Gasteiger partial charge in [-0.2, -0.15) is 0 Å². The van der Waals surface area contributed by atoms with Gasteiger partial charge in [0.05, 0.1) is 10.9 Å². The van der Waals surface area contributed by atoms with Gasteiger partial charge >= 0.3 is 0 Å². The molecule has 0 heterocycles. The van der Waals surface area contributed by atoms with Gasteiger partial charge in [0.25, 0.3) is 0 Å². The van der Waals surface area contributed by atoms with E-state index in [0.717, 1.165) is 6.07 Å². The molecule has 0 saturated carbocycles. The Balaban J connectivity index is 3.11. The molecule has 0 amide bonds. The maximum Gasteiger partial charge on any atom is 0.150 e. The topological polar surface area (TPSA) is 21.6 Å². The van der Waals surface area contributed by atoms with E-state index in [0.29, 0.717) is 0 Å². The van der Waals surface area contributed by atoms with Gasteiger partial charge in [0.15, 0.2) is 5.82 Å². The molecule has 1 rings (SSSR count). The molecule has 0 spiro atoms. The molecule has 0 unspecified atom stereocenters. The standard InChI is InChI=1S/C11H7Cl3FNO/c1-2-3-17-10-5-9(16-11(14)6-12)8(15)4-7(10)13/h1,4-5H,3,6H2/b16-11+. The fourth-order valence-corrected chi connectivity index (χ4v) is 1.35. The van der Waals surface area contributed by atoms with Crippen LogP contribution in [-0.4, -0.2) is 17.7 Å². The van der Waals surface area contributed by atoms with E-state index in [1.807, 2.05) is 0 Å². The summed E-state index contributed by atoms with van der Waals surface area (Å²) in [7, 11) is 0. The monoisotopic (exact) mass is 293 g/mol. The molecule has 0 aliphatic carbocycles. The van der Waals surface area contributed by atoms with Crippen LogP contribution >= 0.6 is 34.8 Å². The van der Waals surface area contributed by atoms with Gasteiger partial charge in [-0.15, -0.1) is 18.0 Å². The number of hydrogen-bond acceptors (Lipinski definition) is 2. The van der Waals surface area contributed by atoms with Crippen LogP contribution in [0.1, 0.15) is 0 Å². The van der Waals surface area contributed by atoms with Gasteiger partial charge in [0.1, 0.15) is 23.2 Å². The number of alkyl halides is 1. The van der Waals surface area contributed by atoms with Crippen molar-refractivity contribution in [1.82, 2.24) is 0 Å². The second kappa shape index (κ2) is 6.70. The van der Waals surface area contributed by atoms with E-state index in [1.165, 1.54) is 6.07 Å². The first-order chi connectivity index (χ1) is 8.08. The third-order valence-electron chi connectivity index (χ3n) is 1.66. The maximum atomic E-state index is 13.5. The molecule has 0 aliphatic rings. The lowest BCUT2D eigenvalue weighted by atomic mass is 10.3. The van der Waals surface area contributed by atoms with Gasteiger partial charge < -0.3 is 4.74 Å². The molecular weight excluding hydrogens is 287 g/mol. The Kier molecular flexibility index (Phi) is 5.57. The molecule has 90 valence electrons. The summed E-state index contributed by atoms with van der Waals surface area (Å²) in [6.45, 7) is 0.0255. The van der Waals surface area contributed by atoms with Gasteiger partial charge in [-0.05, 0) is 6.07 Å². The molecule has 0 aliphatic heterocycles. The predicted octanol–water partition coefficient (Wildman–Crippen LogP) is 4.00. The molecule has 0 bridgehead atoms. The molecule has 0 N–H and O–H groups in total. The van der Waals surface area contributed by atoms with Crippen molar-refractivity contribution in [2.45, 2.75) is 0 Å². The van der Waals surface area contributed by atoms with E-state index in [2.05, 4.69) is 10.9 Å². The third-order valence-corrected chi connectivity index (χ3v) is 2.57. The van der Waals surface area contributed by atoms with E-state index in [4.69, 9.17) is 46.0 Å². The predicted molar refractivity (Wildman–Crippen MR) is 69.4 cm³/mol. The van der Waals surface area contributed by atoms with Crippen LogP contribution in [0.2, 0.25) is 5.02 Å². The summed E-state index contributed by atoms with van der Waals surface area (Å²) in [6.07, 6.45) is 5.04. The van der Waals surface area contributed by atoms with Gasteiger partial charge in [-0.1, -0.05) is 29.1 Å². The van der Waals surface area contributed by atoms with Crippen molar-refractivity contribution in [3.05, 3.63) is 23.0 Å². The SMILES string of the molecule is C#CCOc1cc(/N=C(/Cl)CCl)c(F)cc1Cl. The Bertz CT molecular complexity index is 482. The highest BCUT2D eigenvalue weighted by atomic mass is 35.5. The number of benzene rings is 1. The summed E-state index contributed by atoms with van der Waals surface area (Å²) in [5.74, 6) is 1.88. The van der Waals surface area contributed by atoms with Crippen LogP contribution in [0, 0.1) is 18.2 Å². The van der Waals surface area contributed by atoms with Crippen LogP contribution in [0.4, 0.5) is 10.1 Å². The Morgan fingerprint density at radius 2 is 2.24 bits per heavy atom. The fourth-order valence-electron chi connectivity index (χ4n) is 0.995. The first-order valence-corrected chi connectivity index (χ1v) is 5.72. The first-order valence-electron chi connectivity index (χ1n) is 4.42. The average Bonchev–Trinajstić information content (AvgIpc) is 2.30. The normalized spacial score (nSPS) is 11.1. The maximum absolute atomic E-state index is 13.5. The summed E-state index contributed by atoms with van der Waals surface area (Å²) < 4.78 is 18.6. The second-order valence-corrected chi connectivity index (χ2v) is 3.96. The molecule has 0 radical (unpaired) electrons. The Labute approximate surface area is 113 Å². The van der Waals surface area contributed by atoms with E-state index in [1.54, 1.807) is 0 Å². The summed E-state index contributed by atoms with van der Waals surface area (Å²) in [6, 6.07) is 2.38. The van der Waals surface area contributed by atoms with Crippen LogP contribution in [-0.2, 0) is 0 Å². The number of aliphatic imine (C=N–C) groups is 1. The molecule has 17 heavy (non-hydrogen) atoms. The van der Waals surface area contributed by atoms with E-state index >= 15 is 0 Å². The minimum atomic E-state index is -0.619. The van der Waals surface area contributed by atoms with Gasteiger partial charge in [-0.25, -0.2) is 9.38 Å². The fraction of sp³-hybridized carbons (Fsp3) is 0.182. The van der Waals surface area contributed by atoms with Crippen LogP contribution in [0.15, 0.2) is 17.1 Å². The van der Waals surface area contributed by atoms with Crippen molar-refractivity contribution in [1.29, 1.82) is 0 Å². The Morgan fingerprint density at radius 1 is 1.53 bits per heavy atom. The third kappa shape index (κ3) is 4.08. The largest absolute Gasteiger partial charge is 0.479 e. The second-order valence-electron chi connectivity index (χ2n) is 2.85. The quantitative estimate of drug-likeness (QED) is 0.467. The van der Waals surface area contributed by atoms with Crippen molar-refractivity contribution in [2.24, 2.45) is 4.99 Å². The van der Waals surface area contributed by atoms with Crippen molar-refractivity contribution in [2.75, 3.05) is 12.5 Å². The van der Waals surface area contributed by atoms with Crippen molar-refractivity contribution < 1.29 is 9.13 Å². The smallest absolute Gasteiger partial charge is 0.150 e. The zero-order valence-corrected chi connectivity index (χ0v) is 10.8. The summed E-state index contributed by atoms with van der Waals surface area (Å²) in [5, 5.41) is 0.175. The molecule has 0 atom stereocenters. The zero-order valence-electron chi connectivity index (χ0n) is 8.51. The van der Waals surface area contributed by atoms with E-state index < -0.39 is 5.82 Å². The van der Waals surface area contributed by atoms with Crippen molar-refractivity contribution in [3.8, 4) is 18.1 Å². The number of hydrogen-bond donors (Lipinski definition) is 0. The summed E-state index contributed by atoms with van der Waals surface area (Å²) >= 11 is 16.8. The van der Waals surface area contributed by atoms with Crippen molar-refractivity contribution >= 4 is 45.7 Å². The Morgan fingerprint density at radius 3 is 2.82 bits per heavy atom. The number of terminal acetylenes is 1. The lowest BCUT2D eigenvalue weighted by Crippen LogP contribution is -1.95. The van der Waals surface area contributed by atoms with E-state index in [-0.39, 0.29) is 34.1 Å². The first kappa shape index (κ1) is 14.1. The number of nitrogens with zero attached hydrogens (tertiary/aromatic N) is 1. The minimum Gasteiger partial charge on any atom is -0.479 e. The zero-order chi connectivity index (χ0) is 12.8. The highest BCUT2D eigenvalue weighted by Crippen LogP contribution is 2.32. The molecule has 1 aromatic rings. The lowest BCUT2D eigenvalue weighted by Gasteiger charge is -2.06. The molecule has 2 nitrogen and oxygen atoms in total. The molecule has 1 aromatic carbocycles. The van der Waals surface area contributed by atoms with Gasteiger partial charge in [-0.3, -0.25) is 0 Å². The average molecular weight is 295 g/mol. The van der Waals surface area contributed by atoms with Gasteiger partial charge in [0, 0.05) is 6.07 Å². The number of rotatable bonds is 4.